The molecule has 0 spiro atoms. The standard InChI is InChI=1S/C35H45N3O3/c1-35(2,3)37-34(41)31-21-27-15-9-10-16-29(27)22-38(31)23-32(39)30(19-24-11-5-4-6-12-24)36-33(40)28-18-17-25-13-7-8-14-26(25)20-28/h4-8,11-14,17-18,20,27,29-32,39H,9-10,15-16,19,21-23H2,1-3H3,(H,36,40)(H,37,41)/t27?,29?,30-,31-,32+/m0/s1. The molecule has 3 aromatic carbocycles. The molecular weight excluding hydrogens is 510 g/mol. The Bertz CT molecular complexity index is 1340. The van der Waals surface area contributed by atoms with Crippen molar-refractivity contribution in [3.8, 4) is 0 Å². The average molecular weight is 556 g/mol. The third-order valence-corrected chi connectivity index (χ3v) is 8.82. The maximum absolute atomic E-state index is 13.5. The number of likely N-dealkylation sites (tertiary alicyclic amines) is 1. The smallest absolute Gasteiger partial charge is 0.251 e. The Morgan fingerprint density at radius 3 is 2.34 bits per heavy atom. The molecule has 1 aliphatic carbocycles. The van der Waals surface area contributed by atoms with Crippen LogP contribution in [0.1, 0.15) is 68.8 Å². The topological polar surface area (TPSA) is 81.7 Å². The van der Waals surface area contributed by atoms with Crippen LogP contribution in [-0.4, -0.2) is 58.6 Å². The van der Waals surface area contributed by atoms with Crippen molar-refractivity contribution in [3.63, 3.8) is 0 Å². The number of amides is 2. The van der Waals surface area contributed by atoms with Crippen molar-refractivity contribution < 1.29 is 14.7 Å². The molecule has 1 aliphatic heterocycles. The maximum atomic E-state index is 13.5. The van der Waals surface area contributed by atoms with Crippen molar-refractivity contribution in [2.75, 3.05) is 13.1 Å². The summed E-state index contributed by atoms with van der Waals surface area (Å²) in [5, 5.41) is 20.2. The minimum atomic E-state index is -0.843. The fourth-order valence-corrected chi connectivity index (χ4v) is 6.73. The van der Waals surface area contributed by atoms with Gasteiger partial charge in [0.2, 0.25) is 5.91 Å². The number of β-amino-alcohol motifs (C(OH)–C–C–N with tert-alkyl or cyclic N) is 1. The predicted octanol–water partition coefficient (Wildman–Crippen LogP) is 5.34. The zero-order valence-electron chi connectivity index (χ0n) is 24.7. The van der Waals surface area contributed by atoms with E-state index in [1.807, 2.05) is 93.6 Å². The molecule has 2 fully saturated rings. The Morgan fingerprint density at radius 1 is 0.927 bits per heavy atom. The number of aliphatic hydroxyl groups is 1. The molecule has 6 heteroatoms. The highest BCUT2D eigenvalue weighted by Gasteiger charge is 2.41. The summed E-state index contributed by atoms with van der Waals surface area (Å²) in [6.45, 7) is 7.17. The quantitative estimate of drug-likeness (QED) is 0.351. The van der Waals surface area contributed by atoms with Crippen LogP contribution in [0.5, 0.6) is 0 Å². The van der Waals surface area contributed by atoms with Gasteiger partial charge in [0.15, 0.2) is 0 Å². The van der Waals surface area contributed by atoms with Crippen LogP contribution in [0.2, 0.25) is 0 Å². The normalized spacial score (nSPS) is 22.9. The molecule has 0 bridgehead atoms. The van der Waals surface area contributed by atoms with Gasteiger partial charge in [0.05, 0.1) is 18.2 Å². The molecule has 1 saturated carbocycles. The number of aliphatic hydroxyl groups excluding tert-OH is 1. The summed E-state index contributed by atoms with van der Waals surface area (Å²) < 4.78 is 0. The van der Waals surface area contributed by atoms with Gasteiger partial charge in [-0.15, -0.1) is 0 Å². The summed E-state index contributed by atoms with van der Waals surface area (Å²) in [5.41, 5.74) is 1.29. The van der Waals surface area contributed by atoms with Crippen LogP contribution in [-0.2, 0) is 11.2 Å². The van der Waals surface area contributed by atoms with Gasteiger partial charge < -0.3 is 15.7 Å². The van der Waals surface area contributed by atoms with E-state index in [0.717, 1.165) is 29.3 Å². The first-order valence-electron chi connectivity index (χ1n) is 15.2. The number of benzene rings is 3. The lowest BCUT2D eigenvalue weighted by Gasteiger charge is -2.47. The maximum Gasteiger partial charge on any atom is 0.251 e. The third-order valence-electron chi connectivity index (χ3n) is 8.82. The summed E-state index contributed by atoms with van der Waals surface area (Å²) in [7, 11) is 0. The number of carbonyl (C=O) groups is 2. The van der Waals surface area contributed by atoms with E-state index in [1.54, 1.807) is 0 Å². The molecule has 1 saturated heterocycles. The largest absolute Gasteiger partial charge is 0.390 e. The highest BCUT2D eigenvalue weighted by molar-refractivity contribution is 5.98. The lowest BCUT2D eigenvalue weighted by molar-refractivity contribution is -0.132. The number of nitrogens with one attached hydrogen (secondary N) is 2. The molecule has 2 unspecified atom stereocenters. The SMILES string of the molecule is CC(C)(C)NC(=O)[C@@H]1CC2CCCCC2CN1C[C@@H](O)[C@H](Cc1ccccc1)NC(=O)c1ccc2ccccc2c1. The predicted molar refractivity (Wildman–Crippen MR) is 165 cm³/mol. The minimum Gasteiger partial charge on any atom is -0.390 e. The van der Waals surface area contributed by atoms with Gasteiger partial charge in [0.25, 0.3) is 5.91 Å². The molecule has 3 N–H and O–H groups in total. The zero-order valence-corrected chi connectivity index (χ0v) is 24.7. The second kappa shape index (κ2) is 12.7. The van der Waals surface area contributed by atoms with Gasteiger partial charge in [-0.3, -0.25) is 14.5 Å². The Hall–Kier alpha value is -3.22. The van der Waals surface area contributed by atoms with E-state index in [9.17, 15) is 14.7 Å². The van der Waals surface area contributed by atoms with Crippen LogP contribution >= 0.6 is 0 Å². The van der Waals surface area contributed by atoms with Crippen molar-refractivity contribution in [1.82, 2.24) is 15.5 Å². The van der Waals surface area contributed by atoms with E-state index in [4.69, 9.17) is 0 Å². The highest BCUT2D eigenvalue weighted by atomic mass is 16.3. The van der Waals surface area contributed by atoms with E-state index in [-0.39, 0.29) is 23.4 Å². The number of nitrogens with zero attached hydrogens (tertiary/aromatic N) is 1. The van der Waals surface area contributed by atoms with Crippen LogP contribution < -0.4 is 10.6 Å². The lowest BCUT2D eigenvalue weighted by Crippen LogP contribution is -2.60. The third kappa shape index (κ3) is 7.55. The summed E-state index contributed by atoms with van der Waals surface area (Å²) in [6.07, 6.45) is 5.30. The number of fused-ring (bicyclic) bond motifs is 2. The molecular formula is C35H45N3O3. The van der Waals surface area contributed by atoms with Crippen LogP contribution in [0.15, 0.2) is 72.8 Å². The first-order chi connectivity index (χ1) is 19.7. The first-order valence-corrected chi connectivity index (χ1v) is 15.2. The van der Waals surface area contributed by atoms with Gasteiger partial charge in [-0.05, 0) is 80.3 Å². The Balaban J connectivity index is 1.36. The molecule has 3 aromatic rings. The van der Waals surface area contributed by atoms with Gasteiger partial charge in [0.1, 0.15) is 0 Å². The molecule has 5 atom stereocenters. The van der Waals surface area contributed by atoms with Crippen molar-refractivity contribution in [2.24, 2.45) is 11.8 Å². The van der Waals surface area contributed by atoms with Gasteiger partial charge in [-0.1, -0.05) is 79.9 Å². The Labute approximate surface area is 244 Å². The van der Waals surface area contributed by atoms with E-state index in [0.29, 0.717) is 30.4 Å². The number of hydrogen-bond donors (Lipinski definition) is 3. The van der Waals surface area contributed by atoms with Crippen molar-refractivity contribution in [1.29, 1.82) is 0 Å². The number of piperidine rings is 1. The fraction of sp³-hybridized carbons (Fsp3) is 0.486. The van der Waals surface area contributed by atoms with Crippen LogP contribution in [0, 0.1) is 11.8 Å². The number of rotatable bonds is 8. The summed E-state index contributed by atoms with van der Waals surface area (Å²) in [4.78, 5) is 29.2. The second-order valence-electron chi connectivity index (χ2n) is 13.1. The van der Waals surface area contributed by atoms with E-state index in [1.165, 1.54) is 25.7 Å². The zero-order chi connectivity index (χ0) is 29.0. The van der Waals surface area contributed by atoms with Crippen LogP contribution in [0.4, 0.5) is 0 Å². The van der Waals surface area contributed by atoms with Crippen molar-refractivity contribution in [2.45, 2.75) is 83.0 Å². The monoisotopic (exact) mass is 555 g/mol. The minimum absolute atomic E-state index is 0.0357. The van der Waals surface area contributed by atoms with Gasteiger partial charge in [-0.25, -0.2) is 0 Å². The van der Waals surface area contributed by atoms with E-state index < -0.39 is 12.1 Å². The highest BCUT2D eigenvalue weighted by Crippen LogP contribution is 2.39. The Kier molecular flexibility index (Phi) is 9.10. The van der Waals surface area contributed by atoms with Crippen molar-refractivity contribution in [3.05, 3.63) is 83.9 Å². The fourth-order valence-electron chi connectivity index (χ4n) is 6.73. The molecule has 2 amide bonds. The van der Waals surface area contributed by atoms with Crippen LogP contribution in [0.3, 0.4) is 0 Å². The second-order valence-corrected chi connectivity index (χ2v) is 13.1. The van der Waals surface area contributed by atoms with E-state index in [2.05, 4.69) is 15.5 Å². The molecule has 5 rings (SSSR count). The van der Waals surface area contributed by atoms with Gasteiger partial charge >= 0.3 is 0 Å². The summed E-state index contributed by atoms with van der Waals surface area (Å²) in [5.74, 6) is 0.937. The number of carbonyl (C=O) groups excluding carboxylic acids is 2. The molecule has 0 aromatic heterocycles. The average Bonchev–Trinajstić information content (AvgIpc) is 2.95. The molecule has 1 heterocycles. The molecule has 6 nitrogen and oxygen atoms in total. The molecule has 2 aliphatic rings. The summed E-state index contributed by atoms with van der Waals surface area (Å²) >= 11 is 0. The number of hydrogen-bond acceptors (Lipinski definition) is 4. The van der Waals surface area contributed by atoms with Gasteiger partial charge in [-0.2, -0.15) is 0 Å². The van der Waals surface area contributed by atoms with Gasteiger partial charge in [0, 0.05) is 24.2 Å². The molecule has 218 valence electrons. The first kappa shape index (κ1) is 29.3. The Morgan fingerprint density at radius 2 is 1.61 bits per heavy atom. The van der Waals surface area contributed by atoms with Crippen molar-refractivity contribution >= 4 is 22.6 Å². The molecule has 0 radical (unpaired) electrons. The molecule has 41 heavy (non-hydrogen) atoms. The van der Waals surface area contributed by atoms with E-state index >= 15 is 0 Å². The summed E-state index contributed by atoms with van der Waals surface area (Å²) in [6, 6.07) is 22.9. The van der Waals surface area contributed by atoms with Crippen LogP contribution in [0.25, 0.3) is 10.8 Å². The lowest BCUT2D eigenvalue weighted by atomic mass is 9.72.